The van der Waals surface area contributed by atoms with Crippen molar-refractivity contribution < 1.29 is 4.79 Å². The predicted octanol–water partition coefficient (Wildman–Crippen LogP) is 3.98. The molecule has 1 aromatic carbocycles. The molecule has 0 aliphatic heterocycles. The molecule has 5 heteroatoms. The highest BCUT2D eigenvalue weighted by molar-refractivity contribution is 9.10. The number of hydrogen-bond acceptors (Lipinski definition) is 2. The average Bonchev–Trinajstić information content (AvgIpc) is 2.88. The molecule has 2 aromatic rings. The lowest BCUT2D eigenvalue weighted by atomic mass is 10.2. The zero-order valence-corrected chi connectivity index (χ0v) is 13.8. The van der Waals surface area contributed by atoms with Crippen molar-refractivity contribution in [3.05, 3.63) is 52.3 Å². The summed E-state index contributed by atoms with van der Waals surface area (Å²) in [5.74, 6) is -0.0842. The molecule has 0 bridgehead atoms. The number of carbonyl (C=O) groups is 1. The smallest absolute Gasteiger partial charge is 0.274 e. The van der Waals surface area contributed by atoms with Gasteiger partial charge in [-0.05, 0) is 60.1 Å². The van der Waals surface area contributed by atoms with Crippen molar-refractivity contribution >= 4 is 27.5 Å². The van der Waals surface area contributed by atoms with Crippen LogP contribution in [0.5, 0.6) is 0 Å². The van der Waals surface area contributed by atoms with Crippen molar-refractivity contribution in [2.45, 2.75) is 19.9 Å². The molecule has 0 fully saturated rings. The first-order chi connectivity index (χ1) is 9.93. The molecule has 0 radical (unpaired) electrons. The number of amides is 1. The van der Waals surface area contributed by atoms with E-state index in [1.165, 1.54) is 0 Å². The molecular formula is C16H16BrN3O. The highest BCUT2D eigenvalue weighted by Crippen LogP contribution is 2.23. The molecule has 1 aromatic heterocycles. The number of nitrogens with zero attached hydrogens (tertiary/aromatic N) is 3. The van der Waals surface area contributed by atoms with Gasteiger partial charge in [-0.1, -0.05) is 0 Å². The van der Waals surface area contributed by atoms with Crippen LogP contribution in [-0.2, 0) is 0 Å². The summed E-state index contributed by atoms with van der Waals surface area (Å²) in [7, 11) is 1.73. The molecule has 0 aliphatic carbocycles. The Hall–Kier alpha value is -2.06. The lowest BCUT2D eigenvalue weighted by Gasteiger charge is -2.20. The molecule has 0 aliphatic rings. The molecule has 108 valence electrons. The van der Waals surface area contributed by atoms with Crippen LogP contribution in [0.4, 0.5) is 5.69 Å². The van der Waals surface area contributed by atoms with E-state index in [0.717, 1.165) is 10.2 Å². The molecular weight excluding hydrogens is 330 g/mol. The molecule has 21 heavy (non-hydrogen) atoms. The molecule has 1 amide bonds. The summed E-state index contributed by atoms with van der Waals surface area (Å²) in [5.41, 5.74) is 1.96. The number of benzene rings is 1. The topological polar surface area (TPSA) is 49.0 Å². The van der Waals surface area contributed by atoms with Crippen LogP contribution >= 0.6 is 15.9 Å². The quantitative estimate of drug-likeness (QED) is 0.844. The van der Waals surface area contributed by atoms with E-state index in [1.54, 1.807) is 36.2 Å². The first-order valence-electron chi connectivity index (χ1n) is 6.59. The van der Waals surface area contributed by atoms with Crippen LogP contribution in [-0.4, -0.2) is 17.5 Å². The van der Waals surface area contributed by atoms with Gasteiger partial charge in [0, 0.05) is 29.4 Å². The molecule has 4 nitrogen and oxygen atoms in total. The molecule has 0 saturated heterocycles. The van der Waals surface area contributed by atoms with Gasteiger partial charge in [0.05, 0.1) is 11.6 Å². The zero-order chi connectivity index (χ0) is 15.6. The Bertz CT molecular complexity index is 695. The van der Waals surface area contributed by atoms with E-state index in [1.807, 2.05) is 30.7 Å². The van der Waals surface area contributed by atoms with E-state index in [4.69, 9.17) is 5.26 Å². The van der Waals surface area contributed by atoms with Gasteiger partial charge < -0.3 is 9.47 Å². The fourth-order valence-electron chi connectivity index (χ4n) is 2.09. The molecule has 1 heterocycles. The number of halogens is 1. The largest absolute Gasteiger partial charge is 0.340 e. The number of hydrogen-bond donors (Lipinski definition) is 0. The van der Waals surface area contributed by atoms with Gasteiger partial charge in [0.25, 0.3) is 5.91 Å². The van der Waals surface area contributed by atoms with Gasteiger partial charge in [-0.25, -0.2) is 0 Å². The lowest BCUT2D eigenvalue weighted by Crippen LogP contribution is -2.28. The van der Waals surface area contributed by atoms with Crippen molar-refractivity contribution in [3.8, 4) is 6.07 Å². The summed E-state index contributed by atoms with van der Waals surface area (Å²) in [5, 5.41) is 8.82. The first kappa shape index (κ1) is 15.3. The van der Waals surface area contributed by atoms with Gasteiger partial charge in [0.1, 0.15) is 5.69 Å². The standard InChI is InChI=1S/C16H16BrN3O/c1-11(2)20-10-13(17)8-15(20)16(21)19(3)14-6-4-12(9-18)5-7-14/h4-8,10-11H,1-3H3. The fraction of sp³-hybridized carbons (Fsp3) is 0.250. The Morgan fingerprint density at radius 2 is 1.95 bits per heavy atom. The molecule has 0 atom stereocenters. The van der Waals surface area contributed by atoms with Gasteiger partial charge >= 0.3 is 0 Å². The maximum absolute atomic E-state index is 12.7. The normalized spacial score (nSPS) is 10.5. The summed E-state index contributed by atoms with van der Waals surface area (Å²) in [4.78, 5) is 14.2. The minimum Gasteiger partial charge on any atom is -0.340 e. The second-order valence-corrected chi connectivity index (χ2v) is 5.98. The number of anilines is 1. The summed E-state index contributed by atoms with van der Waals surface area (Å²) in [6.07, 6.45) is 1.91. The summed E-state index contributed by atoms with van der Waals surface area (Å²) < 4.78 is 2.82. The van der Waals surface area contributed by atoms with E-state index in [2.05, 4.69) is 22.0 Å². The van der Waals surface area contributed by atoms with Gasteiger partial charge in [0.2, 0.25) is 0 Å². The molecule has 0 spiro atoms. The summed E-state index contributed by atoms with van der Waals surface area (Å²) in [6, 6.07) is 11.0. The van der Waals surface area contributed by atoms with Crippen LogP contribution in [0, 0.1) is 11.3 Å². The molecule has 0 unspecified atom stereocenters. The van der Waals surface area contributed by atoms with Crippen LogP contribution in [0.15, 0.2) is 41.0 Å². The second-order valence-electron chi connectivity index (χ2n) is 5.07. The van der Waals surface area contributed by atoms with Crippen molar-refractivity contribution in [2.24, 2.45) is 0 Å². The minimum atomic E-state index is -0.0842. The average molecular weight is 346 g/mol. The van der Waals surface area contributed by atoms with Crippen LogP contribution in [0.25, 0.3) is 0 Å². The van der Waals surface area contributed by atoms with Crippen LogP contribution in [0.1, 0.15) is 35.9 Å². The number of aromatic nitrogens is 1. The van der Waals surface area contributed by atoms with Gasteiger partial charge in [0.15, 0.2) is 0 Å². The second kappa shape index (κ2) is 6.15. The molecule has 0 saturated carbocycles. The Kier molecular flexibility index (Phi) is 4.49. The molecule has 0 N–H and O–H groups in total. The third-order valence-electron chi connectivity index (χ3n) is 3.28. The van der Waals surface area contributed by atoms with Crippen molar-refractivity contribution in [1.29, 1.82) is 5.26 Å². The van der Waals surface area contributed by atoms with Gasteiger partial charge in [-0.15, -0.1) is 0 Å². The molecule has 2 rings (SSSR count). The highest BCUT2D eigenvalue weighted by atomic mass is 79.9. The van der Waals surface area contributed by atoms with E-state index < -0.39 is 0 Å². The van der Waals surface area contributed by atoms with Crippen LogP contribution in [0.3, 0.4) is 0 Å². The van der Waals surface area contributed by atoms with E-state index >= 15 is 0 Å². The van der Waals surface area contributed by atoms with Crippen molar-refractivity contribution in [2.75, 3.05) is 11.9 Å². The lowest BCUT2D eigenvalue weighted by molar-refractivity contribution is 0.0982. The summed E-state index contributed by atoms with van der Waals surface area (Å²) >= 11 is 3.42. The van der Waals surface area contributed by atoms with Crippen LogP contribution in [0.2, 0.25) is 0 Å². The first-order valence-corrected chi connectivity index (χ1v) is 7.39. The third kappa shape index (κ3) is 3.17. The highest BCUT2D eigenvalue weighted by Gasteiger charge is 2.19. The maximum Gasteiger partial charge on any atom is 0.274 e. The van der Waals surface area contributed by atoms with Crippen molar-refractivity contribution in [1.82, 2.24) is 4.57 Å². The number of rotatable bonds is 3. The Labute approximate surface area is 132 Å². The number of carbonyl (C=O) groups excluding carboxylic acids is 1. The Morgan fingerprint density at radius 3 is 2.48 bits per heavy atom. The fourth-order valence-corrected chi connectivity index (χ4v) is 2.53. The Balaban J connectivity index is 2.32. The predicted molar refractivity (Wildman–Crippen MR) is 86.4 cm³/mol. The van der Waals surface area contributed by atoms with Gasteiger partial charge in [-0.2, -0.15) is 5.26 Å². The van der Waals surface area contributed by atoms with Crippen LogP contribution < -0.4 is 4.90 Å². The SMILES string of the molecule is CC(C)n1cc(Br)cc1C(=O)N(C)c1ccc(C#N)cc1. The summed E-state index contributed by atoms with van der Waals surface area (Å²) in [6.45, 7) is 4.07. The third-order valence-corrected chi connectivity index (χ3v) is 3.71. The minimum absolute atomic E-state index is 0.0842. The van der Waals surface area contributed by atoms with E-state index in [9.17, 15) is 4.79 Å². The maximum atomic E-state index is 12.7. The number of nitriles is 1. The van der Waals surface area contributed by atoms with E-state index in [0.29, 0.717) is 11.3 Å². The monoisotopic (exact) mass is 345 g/mol. The van der Waals surface area contributed by atoms with Crippen molar-refractivity contribution in [3.63, 3.8) is 0 Å². The zero-order valence-electron chi connectivity index (χ0n) is 12.2. The van der Waals surface area contributed by atoms with E-state index in [-0.39, 0.29) is 11.9 Å². The van der Waals surface area contributed by atoms with Gasteiger partial charge in [-0.3, -0.25) is 4.79 Å². The Morgan fingerprint density at radius 1 is 1.33 bits per heavy atom.